The maximum atomic E-state index is 14.5. The molecule has 0 saturated carbocycles. The average Bonchev–Trinajstić information content (AvgIpc) is 2.72. The molecule has 0 saturated heterocycles. The van der Waals surface area contributed by atoms with Crippen LogP contribution in [0.3, 0.4) is 0 Å². The van der Waals surface area contributed by atoms with E-state index in [1.165, 1.54) is 7.05 Å². The van der Waals surface area contributed by atoms with Crippen LogP contribution in [0.15, 0.2) is 18.2 Å². The monoisotopic (exact) mass is 380 g/mol. The van der Waals surface area contributed by atoms with Gasteiger partial charge in [0.1, 0.15) is 22.3 Å². The molecular formula is C15H13Cl2F3N2O2. The molecule has 130 valence electrons. The summed E-state index contributed by atoms with van der Waals surface area (Å²) >= 11 is 11.8. The molecule has 9 heteroatoms. The van der Waals surface area contributed by atoms with Crippen molar-refractivity contribution in [2.75, 3.05) is 0 Å². The van der Waals surface area contributed by atoms with Gasteiger partial charge in [-0.1, -0.05) is 35.4 Å². The highest BCUT2D eigenvalue weighted by atomic mass is 35.5. The van der Waals surface area contributed by atoms with E-state index >= 15 is 0 Å². The lowest BCUT2D eigenvalue weighted by Gasteiger charge is -2.13. The Morgan fingerprint density at radius 3 is 2.62 bits per heavy atom. The second-order valence-electron chi connectivity index (χ2n) is 5.15. The zero-order valence-electron chi connectivity index (χ0n) is 12.7. The fourth-order valence-corrected chi connectivity index (χ4v) is 2.75. The van der Waals surface area contributed by atoms with Crippen molar-refractivity contribution in [3.63, 3.8) is 0 Å². The molecule has 0 aliphatic rings. The highest BCUT2D eigenvalue weighted by Gasteiger charge is 2.27. The molecule has 2 aromatic rings. The van der Waals surface area contributed by atoms with Crippen molar-refractivity contribution in [1.29, 1.82) is 0 Å². The Labute approximate surface area is 146 Å². The van der Waals surface area contributed by atoms with Crippen LogP contribution in [0.1, 0.15) is 12.5 Å². The topological polar surface area (TPSA) is 47.3 Å². The molecule has 0 amide bonds. The van der Waals surface area contributed by atoms with E-state index < -0.39 is 18.3 Å². The van der Waals surface area contributed by atoms with E-state index in [0.717, 1.165) is 10.7 Å². The fraction of sp³-hybridized carbons (Fsp3) is 0.267. The summed E-state index contributed by atoms with van der Waals surface area (Å²) in [4.78, 5) is 0. The Kier molecular flexibility index (Phi) is 5.35. The lowest BCUT2D eigenvalue weighted by molar-refractivity contribution is -0.0552. The molecule has 0 unspecified atom stereocenters. The molecule has 1 aromatic carbocycles. The average molecular weight is 381 g/mol. The lowest BCUT2D eigenvalue weighted by atomic mass is 9.97. The van der Waals surface area contributed by atoms with E-state index in [2.05, 4.69) is 16.4 Å². The Hall–Kier alpha value is -1.86. The first kappa shape index (κ1) is 18.5. The summed E-state index contributed by atoms with van der Waals surface area (Å²) < 4.78 is 44.7. The number of aryl methyl sites for hydroxylation is 1. The van der Waals surface area contributed by atoms with Crippen LogP contribution in [-0.2, 0) is 13.5 Å². The highest BCUT2D eigenvalue weighted by Crippen LogP contribution is 2.43. The fourth-order valence-electron chi connectivity index (χ4n) is 2.24. The standard InChI is InChI=1S/C15H13Cl2F3N2O2/c1-6(2)4-7-10(9(18)5-8(16)13(7)23)12-11(17)14(22(3)21-12)24-15(19)20/h5,15,23H,1,4H2,2-3H3. The molecule has 0 fully saturated rings. The molecule has 1 N–H and O–H groups in total. The van der Waals surface area contributed by atoms with Crippen LogP contribution >= 0.6 is 23.2 Å². The van der Waals surface area contributed by atoms with Crippen LogP contribution in [0, 0.1) is 5.82 Å². The van der Waals surface area contributed by atoms with Gasteiger partial charge in [0.15, 0.2) is 0 Å². The number of aromatic hydroxyl groups is 1. The van der Waals surface area contributed by atoms with Gasteiger partial charge in [-0.3, -0.25) is 0 Å². The summed E-state index contributed by atoms with van der Waals surface area (Å²) in [6, 6.07) is 0.896. The van der Waals surface area contributed by atoms with Crippen molar-refractivity contribution in [3.8, 4) is 22.9 Å². The van der Waals surface area contributed by atoms with Gasteiger partial charge >= 0.3 is 6.61 Å². The van der Waals surface area contributed by atoms with Crippen LogP contribution in [-0.4, -0.2) is 21.5 Å². The number of benzene rings is 1. The van der Waals surface area contributed by atoms with Crippen molar-refractivity contribution in [2.45, 2.75) is 20.0 Å². The summed E-state index contributed by atoms with van der Waals surface area (Å²) in [5, 5.41) is 13.6. The normalized spacial score (nSPS) is 11.2. The van der Waals surface area contributed by atoms with E-state index in [-0.39, 0.29) is 39.0 Å². The Bertz CT molecular complexity index is 807. The van der Waals surface area contributed by atoms with Gasteiger partial charge in [-0.05, 0) is 19.4 Å². The zero-order chi connectivity index (χ0) is 18.2. The second-order valence-corrected chi connectivity index (χ2v) is 5.93. The first-order chi connectivity index (χ1) is 11.1. The molecular weight excluding hydrogens is 368 g/mol. The van der Waals surface area contributed by atoms with Crippen molar-refractivity contribution in [1.82, 2.24) is 9.78 Å². The Morgan fingerprint density at radius 1 is 1.46 bits per heavy atom. The molecule has 0 spiro atoms. The molecule has 0 bridgehead atoms. The SMILES string of the molecule is C=C(C)Cc1c(O)c(Cl)cc(F)c1-c1nn(C)c(OC(F)F)c1Cl. The quantitative estimate of drug-likeness (QED) is 0.745. The summed E-state index contributed by atoms with van der Waals surface area (Å²) in [5.41, 5.74) is 0.431. The van der Waals surface area contributed by atoms with Crippen molar-refractivity contribution in [3.05, 3.63) is 39.6 Å². The number of nitrogens with zero attached hydrogens (tertiary/aromatic N) is 2. The molecule has 24 heavy (non-hydrogen) atoms. The molecule has 0 aliphatic carbocycles. The number of phenolic OH excluding ortho intramolecular Hbond substituents is 1. The van der Waals surface area contributed by atoms with E-state index in [1.54, 1.807) is 6.92 Å². The van der Waals surface area contributed by atoms with Crippen molar-refractivity contribution >= 4 is 23.2 Å². The molecule has 1 heterocycles. The minimum atomic E-state index is -3.12. The van der Waals surface area contributed by atoms with Crippen LogP contribution in [0.4, 0.5) is 13.2 Å². The minimum absolute atomic E-state index is 0.0938. The molecule has 0 aliphatic heterocycles. The summed E-state index contributed by atoms with van der Waals surface area (Å²) in [6.45, 7) is 2.26. The van der Waals surface area contributed by atoms with Crippen LogP contribution < -0.4 is 4.74 Å². The number of halogens is 5. The number of hydrogen-bond donors (Lipinski definition) is 1. The summed E-state index contributed by atoms with van der Waals surface area (Å²) in [5.74, 6) is -1.58. The number of hydrogen-bond acceptors (Lipinski definition) is 3. The maximum Gasteiger partial charge on any atom is 0.388 e. The number of phenols is 1. The number of allylic oxidation sites excluding steroid dienone is 1. The number of ether oxygens (including phenoxy) is 1. The van der Waals surface area contributed by atoms with E-state index in [4.69, 9.17) is 23.2 Å². The van der Waals surface area contributed by atoms with Crippen LogP contribution in [0.25, 0.3) is 11.3 Å². The highest BCUT2D eigenvalue weighted by molar-refractivity contribution is 6.35. The van der Waals surface area contributed by atoms with E-state index in [9.17, 15) is 18.3 Å². The minimum Gasteiger partial charge on any atom is -0.506 e. The van der Waals surface area contributed by atoms with Crippen molar-refractivity contribution < 1.29 is 23.0 Å². The van der Waals surface area contributed by atoms with Gasteiger partial charge in [0.05, 0.1) is 5.02 Å². The lowest BCUT2D eigenvalue weighted by Crippen LogP contribution is -2.06. The van der Waals surface area contributed by atoms with Gasteiger partial charge in [-0.25, -0.2) is 9.07 Å². The largest absolute Gasteiger partial charge is 0.506 e. The number of rotatable bonds is 5. The van der Waals surface area contributed by atoms with Gasteiger partial charge in [-0.15, -0.1) is 0 Å². The number of aromatic nitrogens is 2. The van der Waals surface area contributed by atoms with E-state index in [0.29, 0.717) is 5.57 Å². The van der Waals surface area contributed by atoms with Gasteiger partial charge < -0.3 is 9.84 Å². The van der Waals surface area contributed by atoms with Crippen LogP contribution in [0.2, 0.25) is 10.0 Å². The molecule has 4 nitrogen and oxygen atoms in total. The Balaban J connectivity index is 2.73. The van der Waals surface area contributed by atoms with Crippen LogP contribution in [0.5, 0.6) is 11.6 Å². The van der Waals surface area contributed by atoms with Gasteiger partial charge in [-0.2, -0.15) is 13.9 Å². The smallest absolute Gasteiger partial charge is 0.388 e. The predicted octanol–water partition coefficient (Wildman–Crippen LogP) is 4.96. The van der Waals surface area contributed by atoms with Crippen molar-refractivity contribution in [2.24, 2.45) is 7.05 Å². The zero-order valence-corrected chi connectivity index (χ0v) is 14.2. The molecule has 0 atom stereocenters. The molecule has 2 rings (SSSR count). The van der Waals surface area contributed by atoms with Gasteiger partial charge in [0, 0.05) is 18.2 Å². The first-order valence-electron chi connectivity index (χ1n) is 6.65. The van der Waals surface area contributed by atoms with Gasteiger partial charge in [0.2, 0.25) is 5.88 Å². The van der Waals surface area contributed by atoms with Gasteiger partial charge in [0.25, 0.3) is 0 Å². The summed E-state index contributed by atoms with van der Waals surface area (Å²) in [6.07, 6.45) is 0.0938. The number of alkyl halides is 2. The third-order valence-corrected chi connectivity index (χ3v) is 3.79. The third kappa shape index (κ3) is 3.47. The maximum absolute atomic E-state index is 14.5. The predicted molar refractivity (Wildman–Crippen MR) is 85.4 cm³/mol. The summed E-state index contributed by atoms with van der Waals surface area (Å²) in [7, 11) is 1.32. The van der Waals surface area contributed by atoms with E-state index in [1.807, 2.05) is 0 Å². The second kappa shape index (κ2) is 6.94. The Morgan fingerprint density at radius 2 is 2.08 bits per heavy atom. The molecule has 0 radical (unpaired) electrons. The molecule has 1 aromatic heterocycles. The first-order valence-corrected chi connectivity index (χ1v) is 7.41. The third-order valence-electron chi connectivity index (χ3n) is 3.16.